The Morgan fingerprint density at radius 3 is 0.782 bits per heavy atom. The summed E-state index contributed by atoms with van der Waals surface area (Å²) in [6, 6.07) is 0. The highest BCUT2D eigenvalue weighted by molar-refractivity contribution is 7.99. The van der Waals surface area contributed by atoms with Crippen molar-refractivity contribution in [3.63, 3.8) is 0 Å². The minimum atomic E-state index is -0.000925. The van der Waals surface area contributed by atoms with Gasteiger partial charge < -0.3 is 9.47 Å². The molecule has 0 aliphatic heterocycles. The summed E-state index contributed by atoms with van der Waals surface area (Å²) in [4.78, 5) is 24.1. The van der Waals surface area contributed by atoms with Gasteiger partial charge in [0.2, 0.25) is 0 Å². The van der Waals surface area contributed by atoms with Crippen LogP contribution in [0.2, 0.25) is 0 Å². The molecule has 0 amide bonds. The Kier molecular flexibility index (Phi) is 48.8. The maximum absolute atomic E-state index is 12.0. The molecule has 0 bridgehead atoms. The van der Waals surface area contributed by atoms with Gasteiger partial charge >= 0.3 is 11.9 Å². The largest absolute Gasteiger partial charge is 0.466 e. The number of ether oxygens (including phenoxy) is 2. The van der Waals surface area contributed by atoms with Crippen LogP contribution in [0.1, 0.15) is 284 Å². The number of unbranched alkanes of at least 4 members (excludes halogenated alkanes) is 36. The maximum atomic E-state index is 12.0. The van der Waals surface area contributed by atoms with E-state index in [2.05, 4.69) is 25.6 Å². The minimum absolute atomic E-state index is 0.000925. The lowest BCUT2D eigenvalue weighted by Gasteiger charge is -2.06. The lowest BCUT2D eigenvalue weighted by molar-refractivity contribution is -0.144. The van der Waals surface area contributed by atoms with Crippen molar-refractivity contribution in [2.24, 2.45) is 0 Å². The van der Waals surface area contributed by atoms with Gasteiger partial charge in [0.1, 0.15) is 0 Å². The van der Waals surface area contributed by atoms with E-state index in [-0.39, 0.29) is 11.9 Å². The Labute approximate surface area is 349 Å². The Bertz CT molecular complexity index is 683. The van der Waals surface area contributed by atoms with E-state index in [1.165, 1.54) is 230 Å². The molecular formula is C50H98O4S. The van der Waals surface area contributed by atoms with Gasteiger partial charge in [0.15, 0.2) is 0 Å². The molecule has 0 atom stereocenters. The van der Waals surface area contributed by atoms with E-state index < -0.39 is 0 Å². The van der Waals surface area contributed by atoms with Crippen molar-refractivity contribution in [2.75, 3.05) is 24.7 Å². The van der Waals surface area contributed by atoms with Gasteiger partial charge in [-0.2, -0.15) is 11.8 Å². The predicted molar refractivity (Wildman–Crippen MR) is 245 cm³/mol. The summed E-state index contributed by atoms with van der Waals surface area (Å²) in [6.07, 6.45) is 53.9. The zero-order chi connectivity index (χ0) is 39.8. The quantitative estimate of drug-likeness (QED) is 0.0453. The molecule has 55 heavy (non-hydrogen) atoms. The van der Waals surface area contributed by atoms with E-state index >= 15 is 0 Å². The van der Waals surface area contributed by atoms with Gasteiger partial charge in [0, 0.05) is 12.8 Å². The average Bonchev–Trinajstić information content (AvgIpc) is 3.19. The summed E-state index contributed by atoms with van der Waals surface area (Å²) in [6.45, 7) is 5.80. The molecular weight excluding hydrogens is 697 g/mol. The third-order valence-electron chi connectivity index (χ3n) is 11.4. The van der Waals surface area contributed by atoms with Gasteiger partial charge in [-0.3, -0.25) is 9.59 Å². The van der Waals surface area contributed by atoms with Gasteiger partial charge in [0.05, 0.1) is 13.2 Å². The molecule has 0 radical (unpaired) electrons. The summed E-state index contributed by atoms with van der Waals surface area (Å²) in [5, 5.41) is 0. The normalized spacial score (nSPS) is 11.4. The molecule has 0 aromatic carbocycles. The lowest BCUT2D eigenvalue weighted by Crippen LogP contribution is -2.05. The van der Waals surface area contributed by atoms with Gasteiger partial charge in [-0.25, -0.2) is 0 Å². The number of hydrogen-bond acceptors (Lipinski definition) is 5. The maximum Gasteiger partial charge on any atom is 0.305 e. The first kappa shape index (κ1) is 54.3. The molecule has 0 rings (SSSR count). The molecule has 0 saturated heterocycles. The van der Waals surface area contributed by atoms with Crippen LogP contribution in [0.25, 0.3) is 0 Å². The van der Waals surface area contributed by atoms with Gasteiger partial charge in [-0.15, -0.1) is 0 Å². The molecule has 4 nitrogen and oxygen atoms in total. The van der Waals surface area contributed by atoms with E-state index in [0.717, 1.165) is 38.5 Å². The monoisotopic (exact) mass is 795 g/mol. The summed E-state index contributed by atoms with van der Waals surface area (Å²) in [5.74, 6) is 2.43. The number of rotatable bonds is 48. The Hall–Kier alpha value is -0.710. The Morgan fingerprint density at radius 2 is 0.509 bits per heavy atom. The number of hydrogen-bond donors (Lipinski definition) is 0. The van der Waals surface area contributed by atoms with Crippen LogP contribution >= 0.6 is 11.8 Å². The van der Waals surface area contributed by atoms with Crippen molar-refractivity contribution >= 4 is 23.7 Å². The molecule has 0 aliphatic carbocycles. The fraction of sp³-hybridized carbons (Fsp3) is 0.960. The highest BCUT2D eigenvalue weighted by Gasteiger charge is 2.05. The van der Waals surface area contributed by atoms with E-state index in [4.69, 9.17) is 9.47 Å². The van der Waals surface area contributed by atoms with Crippen LogP contribution in [-0.2, 0) is 19.1 Å². The number of carbonyl (C=O) groups is 2. The molecule has 0 aromatic rings. The fourth-order valence-electron chi connectivity index (χ4n) is 7.57. The molecule has 0 N–H and O–H groups in total. The smallest absolute Gasteiger partial charge is 0.305 e. The highest BCUT2D eigenvalue weighted by Crippen LogP contribution is 2.17. The average molecular weight is 795 g/mol. The second-order valence-electron chi connectivity index (χ2n) is 17.0. The molecule has 0 aromatic heterocycles. The van der Waals surface area contributed by atoms with Crippen molar-refractivity contribution < 1.29 is 19.1 Å². The topological polar surface area (TPSA) is 52.6 Å². The van der Waals surface area contributed by atoms with E-state index in [1.54, 1.807) is 0 Å². The zero-order valence-electron chi connectivity index (χ0n) is 37.6. The number of esters is 2. The molecule has 0 heterocycles. The first-order valence-electron chi connectivity index (χ1n) is 25.1. The van der Waals surface area contributed by atoms with E-state index in [0.29, 0.717) is 26.1 Å². The van der Waals surface area contributed by atoms with Crippen LogP contribution in [0.15, 0.2) is 0 Å². The van der Waals surface area contributed by atoms with E-state index in [9.17, 15) is 9.59 Å². The molecule has 5 heteroatoms. The van der Waals surface area contributed by atoms with Gasteiger partial charge in [0.25, 0.3) is 0 Å². The minimum Gasteiger partial charge on any atom is -0.466 e. The third kappa shape index (κ3) is 49.4. The Balaban J connectivity index is 3.21. The van der Waals surface area contributed by atoms with Crippen LogP contribution in [0, 0.1) is 0 Å². The summed E-state index contributed by atoms with van der Waals surface area (Å²) >= 11 is 2.06. The van der Waals surface area contributed by atoms with Crippen LogP contribution in [0.5, 0.6) is 0 Å². The molecule has 0 fully saturated rings. The fourth-order valence-corrected chi connectivity index (χ4v) is 8.59. The summed E-state index contributed by atoms with van der Waals surface area (Å²) in [5.41, 5.74) is 0. The van der Waals surface area contributed by atoms with Crippen molar-refractivity contribution in [3.8, 4) is 0 Å². The summed E-state index contributed by atoms with van der Waals surface area (Å²) < 4.78 is 10.9. The SMILES string of the molecule is CCCCCCCCCCCCCCCCCCOC(=O)CCCCCCSCCCCCCC(=O)OCCCCCCCCCCCCCCCCCC. The first-order chi connectivity index (χ1) is 27.2. The van der Waals surface area contributed by atoms with Crippen molar-refractivity contribution in [1.29, 1.82) is 0 Å². The number of carbonyl (C=O) groups excluding carboxylic acids is 2. The Morgan fingerprint density at radius 1 is 0.291 bits per heavy atom. The van der Waals surface area contributed by atoms with Crippen LogP contribution in [-0.4, -0.2) is 36.7 Å². The lowest BCUT2D eigenvalue weighted by atomic mass is 10.0. The molecule has 0 unspecified atom stereocenters. The second-order valence-corrected chi connectivity index (χ2v) is 18.2. The van der Waals surface area contributed by atoms with Crippen molar-refractivity contribution in [3.05, 3.63) is 0 Å². The highest BCUT2D eigenvalue weighted by atomic mass is 32.2. The van der Waals surface area contributed by atoms with Crippen LogP contribution in [0.4, 0.5) is 0 Å². The van der Waals surface area contributed by atoms with Gasteiger partial charge in [-0.1, -0.05) is 232 Å². The van der Waals surface area contributed by atoms with Crippen molar-refractivity contribution in [1.82, 2.24) is 0 Å². The van der Waals surface area contributed by atoms with Crippen LogP contribution in [0.3, 0.4) is 0 Å². The van der Waals surface area contributed by atoms with Crippen LogP contribution < -0.4 is 0 Å². The summed E-state index contributed by atoms with van der Waals surface area (Å²) in [7, 11) is 0. The first-order valence-corrected chi connectivity index (χ1v) is 26.2. The molecule has 0 spiro atoms. The number of thioether (sulfide) groups is 1. The third-order valence-corrected chi connectivity index (χ3v) is 12.5. The van der Waals surface area contributed by atoms with E-state index in [1.807, 2.05) is 0 Å². The zero-order valence-corrected chi connectivity index (χ0v) is 38.4. The molecule has 0 saturated carbocycles. The van der Waals surface area contributed by atoms with Crippen molar-refractivity contribution in [2.45, 2.75) is 284 Å². The molecule has 0 aliphatic rings. The predicted octanol–water partition coefficient (Wildman–Crippen LogP) is 17.2. The molecule has 328 valence electrons. The second kappa shape index (κ2) is 49.4. The standard InChI is InChI=1S/C50H98O4S/c1-3-5-7-9-11-13-15-17-19-21-23-25-27-29-33-39-45-53-49(51)43-37-31-35-41-47-55-48-42-36-32-38-44-50(52)54-46-40-34-30-28-26-24-22-20-18-16-14-12-10-8-6-4-2/h3-48H2,1-2H3. The van der Waals surface area contributed by atoms with Gasteiger partial charge in [-0.05, 0) is 50.0 Å².